The molecule has 0 aliphatic heterocycles. The number of esters is 1. The van der Waals surface area contributed by atoms with Crippen LogP contribution in [0.5, 0.6) is 5.75 Å². The highest BCUT2D eigenvalue weighted by molar-refractivity contribution is 5.76. The Kier molecular flexibility index (Phi) is 4.95. The van der Waals surface area contributed by atoms with E-state index in [9.17, 15) is 4.79 Å². The van der Waals surface area contributed by atoms with Crippen molar-refractivity contribution in [2.45, 2.75) is 26.9 Å². The fraction of sp³-hybridized carbons (Fsp3) is 0.400. The molecule has 0 amide bonds. The van der Waals surface area contributed by atoms with E-state index >= 15 is 0 Å². The molecule has 0 atom stereocenters. The largest absolute Gasteiger partial charge is 0.497 e. The van der Waals surface area contributed by atoms with Crippen LogP contribution in [0.3, 0.4) is 0 Å². The van der Waals surface area contributed by atoms with Crippen LogP contribution in [0.15, 0.2) is 36.9 Å². The lowest BCUT2D eigenvalue weighted by molar-refractivity contribution is -0.155. The van der Waals surface area contributed by atoms with Crippen molar-refractivity contribution in [2.75, 3.05) is 7.11 Å². The third-order valence-electron chi connectivity index (χ3n) is 2.74. The maximum absolute atomic E-state index is 11.9. The van der Waals surface area contributed by atoms with Crippen molar-refractivity contribution in [3.05, 3.63) is 42.5 Å². The number of hydrogen-bond donors (Lipinski definition) is 0. The van der Waals surface area contributed by atoms with Crippen LogP contribution in [0, 0.1) is 5.41 Å². The standard InChI is InChI=1S/C15H20O3/c1-5-10-15(2,3)14(16)18-11-12-6-8-13(17-4)9-7-12/h5-9H,1,10-11H2,2-4H3. The van der Waals surface area contributed by atoms with Crippen LogP contribution < -0.4 is 4.74 Å². The van der Waals surface area contributed by atoms with Gasteiger partial charge in [0.15, 0.2) is 0 Å². The van der Waals surface area contributed by atoms with E-state index in [1.54, 1.807) is 13.2 Å². The van der Waals surface area contributed by atoms with Gasteiger partial charge in [0.25, 0.3) is 0 Å². The molecule has 18 heavy (non-hydrogen) atoms. The summed E-state index contributed by atoms with van der Waals surface area (Å²) in [4.78, 5) is 11.9. The number of methoxy groups -OCH3 is 1. The molecule has 0 fully saturated rings. The first-order valence-corrected chi connectivity index (χ1v) is 5.90. The molecule has 0 bridgehead atoms. The zero-order valence-corrected chi connectivity index (χ0v) is 11.2. The third kappa shape index (κ3) is 3.91. The van der Waals surface area contributed by atoms with Gasteiger partial charge in [-0.25, -0.2) is 0 Å². The summed E-state index contributed by atoms with van der Waals surface area (Å²) in [5, 5.41) is 0. The predicted molar refractivity (Wildman–Crippen MR) is 71.4 cm³/mol. The quantitative estimate of drug-likeness (QED) is 0.572. The highest BCUT2D eigenvalue weighted by Crippen LogP contribution is 2.23. The minimum atomic E-state index is -0.520. The van der Waals surface area contributed by atoms with E-state index in [0.717, 1.165) is 11.3 Å². The van der Waals surface area contributed by atoms with Crippen LogP contribution in [0.2, 0.25) is 0 Å². The second-order valence-corrected chi connectivity index (χ2v) is 4.80. The molecule has 1 aromatic carbocycles. The van der Waals surface area contributed by atoms with Gasteiger partial charge in [-0.05, 0) is 38.0 Å². The van der Waals surface area contributed by atoms with E-state index in [2.05, 4.69) is 6.58 Å². The fourth-order valence-corrected chi connectivity index (χ4v) is 1.51. The van der Waals surface area contributed by atoms with Crippen molar-refractivity contribution in [3.8, 4) is 5.75 Å². The van der Waals surface area contributed by atoms with Gasteiger partial charge in [-0.1, -0.05) is 18.2 Å². The van der Waals surface area contributed by atoms with Gasteiger partial charge in [0.1, 0.15) is 12.4 Å². The van der Waals surface area contributed by atoms with Gasteiger partial charge in [-0.3, -0.25) is 4.79 Å². The molecule has 0 aromatic heterocycles. The van der Waals surface area contributed by atoms with Crippen molar-refractivity contribution in [2.24, 2.45) is 5.41 Å². The van der Waals surface area contributed by atoms with Crippen LogP contribution in [0.1, 0.15) is 25.8 Å². The molecule has 0 spiro atoms. The molecule has 98 valence electrons. The maximum Gasteiger partial charge on any atom is 0.312 e. The van der Waals surface area contributed by atoms with Crippen molar-refractivity contribution in [3.63, 3.8) is 0 Å². The Morgan fingerprint density at radius 3 is 2.44 bits per heavy atom. The number of carbonyl (C=O) groups excluding carboxylic acids is 1. The van der Waals surface area contributed by atoms with E-state index in [-0.39, 0.29) is 12.6 Å². The first-order valence-electron chi connectivity index (χ1n) is 5.90. The Hall–Kier alpha value is -1.77. The zero-order chi connectivity index (χ0) is 13.6. The molecule has 0 aliphatic rings. The molecule has 3 heteroatoms. The molecular weight excluding hydrogens is 228 g/mol. The minimum Gasteiger partial charge on any atom is -0.497 e. The average Bonchev–Trinajstić information content (AvgIpc) is 2.36. The lowest BCUT2D eigenvalue weighted by atomic mass is 9.90. The first kappa shape index (κ1) is 14.3. The van der Waals surface area contributed by atoms with Crippen LogP contribution in [0.25, 0.3) is 0 Å². The lowest BCUT2D eigenvalue weighted by Gasteiger charge is -2.20. The summed E-state index contributed by atoms with van der Waals surface area (Å²) in [7, 11) is 1.62. The summed E-state index contributed by atoms with van der Waals surface area (Å²) in [6.45, 7) is 7.63. The molecule has 1 aromatic rings. The van der Waals surface area contributed by atoms with E-state index in [1.165, 1.54) is 0 Å². The number of rotatable bonds is 6. The molecule has 0 radical (unpaired) electrons. The van der Waals surface area contributed by atoms with Crippen molar-refractivity contribution in [1.82, 2.24) is 0 Å². The predicted octanol–water partition coefficient (Wildman–Crippen LogP) is 3.34. The normalized spacial score (nSPS) is 10.8. The highest BCUT2D eigenvalue weighted by Gasteiger charge is 2.27. The molecule has 3 nitrogen and oxygen atoms in total. The van der Waals surface area contributed by atoms with E-state index in [0.29, 0.717) is 6.42 Å². The Morgan fingerprint density at radius 2 is 1.94 bits per heavy atom. The maximum atomic E-state index is 11.9. The molecule has 0 saturated heterocycles. The van der Waals surface area contributed by atoms with Crippen LogP contribution >= 0.6 is 0 Å². The van der Waals surface area contributed by atoms with Crippen molar-refractivity contribution >= 4 is 5.97 Å². The van der Waals surface area contributed by atoms with Gasteiger partial charge in [0.05, 0.1) is 12.5 Å². The second-order valence-electron chi connectivity index (χ2n) is 4.80. The van der Waals surface area contributed by atoms with Gasteiger partial charge < -0.3 is 9.47 Å². The third-order valence-corrected chi connectivity index (χ3v) is 2.74. The molecule has 0 N–H and O–H groups in total. The molecule has 1 rings (SSSR count). The molecule has 0 saturated carbocycles. The minimum absolute atomic E-state index is 0.210. The number of ether oxygens (including phenoxy) is 2. The number of benzene rings is 1. The van der Waals surface area contributed by atoms with Gasteiger partial charge >= 0.3 is 5.97 Å². The summed E-state index contributed by atoms with van der Waals surface area (Å²) < 4.78 is 10.4. The van der Waals surface area contributed by atoms with E-state index < -0.39 is 5.41 Å². The second kappa shape index (κ2) is 6.24. The molecule has 0 aliphatic carbocycles. The summed E-state index contributed by atoms with van der Waals surface area (Å²) in [5.41, 5.74) is 0.423. The van der Waals surface area contributed by atoms with Crippen LogP contribution in [0.4, 0.5) is 0 Å². The smallest absolute Gasteiger partial charge is 0.312 e. The Labute approximate surface area is 108 Å². The number of hydrogen-bond acceptors (Lipinski definition) is 3. The van der Waals surface area contributed by atoms with E-state index in [4.69, 9.17) is 9.47 Å². The highest BCUT2D eigenvalue weighted by atomic mass is 16.5. The average molecular weight is 248 g/mol. The summed E-state index contributed by atoms with van der Waals surface area (Å²) in [6, 6.07) is 7.45. The number of carbonyl (C=O) groups is 1. The summed E-state index contributed by atoms with van der Waals surface area (Å²) in [6.07, 6.45) is 2.34. The lowest BCUT2D eigenvalue weighted by Crippen LogP contribution is -2.25. The summed E-state index contributed by atoms with van der Waals surface area (Å²) in [5.74, 6) is 0.579. The van der Waals surface area contributed by atoms with Gasteiger partial charge in [0, 0.05) is 0 Å². The number of allylic oxidation sites excluding steroid dienone is 1. The van der Waals surface area contributed by atoms with Crippen LogP contribution in [-0.2, 0) is 16.1 Å². The molecule has 0 heterocycles. The molecular formula is C15H20O3. The Balaban J connectivity index is 2.54. The zero-order valence-electron chi connectivity index (χ0n) is 11.2. The van der Waals surface area contributed by atoms with Crippen molar-refractivity contribution < 1.29 is 14.3 Å². The molecule has 0 unspecified atom stereocenters. The van der Waals surface area contributed by atoms with Gasteiger partial charge in [0.2, 0.25) is 0 Å². The SMILES string of the molecule is C=CCC(C)(C)C(=O)OCc1ccc(OC)cc1. The topological polar surface area (TPSA) is 35.5 Å². The fourth-order valence-electron chi connectivity index (χ4n) is 1.51. The Morgan fingerprint density at radius 1 is 1.33 bits per heavy atom. The monoisotopic (exact) mass is 248 g/mol. The van der Waals surface area contributed by atoms with E-state index in [1.807, 2.05) is 38.1 Å². The Bertz CT molecular complexity index is 404. The van der Waals surface area contributed by atoms with Gasteiger partial charge in [-0.2, -0.15) is 0 Å². The van der Waals surface area contributed by atoms with Crippen LogP contribution in [-0.4, -0.2) is 13.1 Å². The van der Waals surface area contributed by atoms with Crippen molar-refractivity contribution in [1.29, 1.82) is 0 Å². The van der Waals surface area contributed by atoms with Gasteiger partial charge in [-0.15, -0.1) is 6.58 Å². The summed E-state index contributed by atoms with van der Waals surface area (Å²) >= 11 is 0. The first-order chi connectivity index (χ1) is 8.49.